The topological polar surface area (TPSA) is 60.2 Å². The lowest BCUT2D eigenvalue weighted by molar-refractivity contribution is 0.277. The molecule has 2 aromatic carbocycles. The normalized spacial score (nSPS) is 10.6. The summed E-state index contributed by atoms with van der Waals surface area (Å²) in [6.07, 6.45) is 0. The predicted molar refractivity (Wildman–Crippen MR) is 83.9 cm³/mol. The second-order valence-electron chi connectivity index (χ2n) is 4.72. The van der Waals surface area contributed by atoms with Gasteiger partial charge in [-0.15, -0.1) is 5.10 Å². The molecule has 5 nitrogen and oxygen atoms in total. The summed E-state index contributed by atoms with van der Waals surface area (Å²) >= 11 is 0. The molecule has 0 saturated heterocycles. The molecule has 0 aliphatic rings. The van der Waals surface area contributed by atoms with Crippen LogP contribution in [-0.4, -0.2) is 26.7 Å². The van der Waals surface area contributed by atoms with Gasteiger partial charge in [0.2, 0.25) is 0 Å². The second kappa shape index (κ2) is 6.41. The van der Waals surface area contributed by atoms with E-state index in [0.29, 0.717) is 12.3 Å². The standard InChI is InChI=1S/C17H17N3O2/c1-2-22-16-11-7-6-10-15(16)20-17(14(12-21)18-19-20)13-8-4-3-5-9-13/h3-11,21H,2,12H2,1H3. The van der Waals surface area contributed by atoms with Crippen LogP contribution in [0.25, 0.3) is 16.9 Å². The zero-order valence-electron chi connectivity index (χ0n) is 12.3. The van der Waals surface area contributed by atoms with E-state index in [9.17, 15) is 5.11 Å². The Bertz CT molecular complexity index is 754. The number of ether oxygens (including phenoxy) is 1. The van der Waals surface area contributed by atoms with Crippen LogP contribution >= 0.6 is 0 Å². The lowest BCUT2D eigenvalue weighted by Gasteiger charge is -2.12. The Kier molecular flexibility index (Phi) is 4.16. The van der Waals surface area contributed by atoms with Crippen LogP contribution < -0.4 is 4.74 Å². The summed E-state index contributed by atoms with van der Waals surface area (Å²) in [6, 6.07) is 17.4. The van der Waals surface area contributed by atoms with Crippen molar-refractivity contribution in [1.82, 2.24) is 15.0 Å². The number of hydrogen-bond donors (Lipinski definition) is 1. The molecule has 0 spiro atoms. The van der Waals surface area contributed by atoms with Crippen LogP contribution in [0.2, 0.25) is 0 Å². The van der Waals surface area contributed by atoms with Crippen molar-refractivity contribution in [3.63, 3.8) is 0 Å². The maximum atomic E-state index is 9.57. The van der Waals surface area contributed by atoms with Crippen molar-refractivity contribution >= 4 is 0 Å². The van der Waals surface area contributed by atoms with Crippen molar-refractivity contribution < 1.29 is 9.84 Å². The summed E-state index contributed by atoms with van der Waals surface area (Å²) in [5.41, 5.74) is 3.06. The van der Waals surface area contributed by atoms with Crippen LogP contribution in [0.15, 0.2) is 54.6 Å². The number of benzene rings is 2. The lowest BCUT2D eigenvalue weighted by atomic mass is 10.1. The van der Waals surface area contributed by atoms with Crippen LogP contribution in [0.5, 0.6) is 5.75 Å². The maximum Gasteiger partial charge on any atom is 0.145 e. The first-order valence-electron chi connectivity index (χ1n) is 7.18. The molecule has 1 aromatic heterocycles. The molecule has 22 heavy (non-hydrogen) atoms. The van der Waals surface area contributed by atoms with Crippen molar-refractivity contribution in [3.05, 3.63) is 60.3 Å². The van der Waals surface area contributed by atoms with Crippen molar-refractivity contribution in [1.29, 1.82) is 0 Å². The zero-order valence-corrected chi connectivity index (χ0v) is 12.3. The van der Waals surface area contributed by atoms with Gasteiger partial charge in [-0.2, -0.15) is 0 Å². The van der Waals surface area contributed by atoms with E-state index in [-0.39, 0.29) is 6.61 Å². The first-order valence-corrected chi connectivity index (χ1v) is 7.18. The highest BCUT2D eigenvalue weighted by Gasteiger charge is 2.17. The molecule has 112 valence electrons. The molecule has 0 amide bonds. The lowest BCUT2D eigenvalue weighted by Crippen LogP contribution is -2.04. The van der Waals surface area contributed by atoms with Crippen molar-refractivity contribution in [2.45, 2.75) is 13.5 Å². The number of rotatable bonds is 5. The summed E-state index contributed by atoms with van der Waals surface area (Å²) in [4.78, 5) is 0. The maximum absolute atomic E-state index is 9.57. The molecular weight excluding hydrogens is 278 g/mol. The van der Waals surface area contributed by atoms with E-state index in [2.05, 4.69) is 10.3 Å². The van der Waals surface area contributed by atoms with Gasteiger partial charge in [0.05, 0.1) is 13.2 Å². The summed E-state index contributed by atoms with van der Waals surface area (Å²) in [5, 5.41) is 17.9. The number of nitrogens with zero attached hydrogens (tertiary/aromatic N) is 3. The van der Waals surface area contributed by atoms with Gasteiger partial charge in [0.1, 0.15) is 22.8 Å². The van der Waals surface area contributed by atoms with Crippen LogP contribution in [-0.2, 0) is 6.61 Å². The van der Waals surface area contributed by atoms with E-state index in [1.807, 2.05) is 61.5 Å². The Morgan fingerprint density at radius 2 is 1.77 bits per heavy atom. The smallest absolute Gasteiger partial charge is 0.145 e. The number of hydrogen-bond acceptors (Lipinski definition) is 4. The Morgan fingerprint density at radius 3 is 2.50 bits per heavy atom. The van der Waals surface area contributed by atoms with Crippen molar-refractivity contribution in [2.75, 3.05) is 6.61 Å². The molecule has 1 heterocycles. The molecule has 0 saturated carbocycles. The molecular formula is C17H17N3O2. The molecule has 0 unspecified atom stereocenters. The summed E-state index contributed by atoms with van der Waals surface area (Å²) in [7, 11) is 0. The quantitative estimate of drug-likeness (QED) is 0.786. The van der Waals surface area contributed by atoms with Gasteiger partial charge in [-0.1, -0.05) is 47.7 Å². The highest BCUT2D eigenvalue weighted by molar-refractivity contribution is 5.65. The van der Waals surface area contributed by atoms with Gasteiger partial charge in [-0.3, -0.25) is 0 Å². The number of aliphatic hydroxyl groups is 1. The minimum atomic E-state index is -0.166. The minimum absolute atomic E-state index is 0.166. The third-order valence-electron chi connectivity index (χ3n) is 3.33. The SMILES string of the molecule is CCOc1ccccc1-n1nnc(CO)c1-c1ccccc1. The molecule has 1 N–H and O–H groups in total. The van der Waals surface area contributed by atoms with Crippen molar-refractivity contribution in [3.8, 4) is 22.7 Å². The molecule has 0 fully saturated rings. The zero-order chi connectivity index (χ0) is 15.4. The van der Waals surface area contributed by atoms with E-state index in [0.717, 1.165) is 22.7 Å². The predicted octanol–water partition coefficient (Wildman–Crippen LogP) is 2.83. The van der Waals surface area contributed by atoms with E-state index in [4.69, 9.17) is 4.74 Å². The van der Waals surface area contributed by atoms with Crippen LogP contribution in [0, 0.1) is 0 Å². The fraction of sp³-hybridized carbons (Fsp3) is 0.176. The Balaban J connectivity index is 2.19. The Hall–Kier alpha value is -2.66. The fourth-order valence-electron chi connectivity index (χ4n) is 2.38. The number of para-hydroxylation sites is 2. The summed E-state index contributed by atoms with van der Waals surface area (Å²) < 4.78 is 7.39. The van der Waals surface area contributed by atoms with Crippen molar-refractivity contribution in [2.24, 2.45) is 0 Å². The first-order chi connectivity index (χ1) is 10.8. The molecule has 3 aromatic rings. The number of aromatic nitrogens is 3. The van der Waals surface area contributed by atoms with E-state index in [1.165, 1.54) is 0 Å². The number of aliphatic hydroxyl groups excluding tert-OH is 1. The summed E-state index contributed by atoms with van der Waals surface area (Å²) in [5.74, 6) is 0.733. The molecule has 3 rings (SSSR count). The highest BCUT2D eigenvalue weighted by Crippen LogP contribution is 2.29. The van der Waals surface area contributed by atoms with Crippen LogP contribution in [0.4, 0.5) is 0 Å². The Morgan fingerprint density at radius 1 is 1.05 bits per heavy atom. The van der Waals surface area contributed by atoms with Gasteiger partial charge >= 0.3 is 0 Å². The minimum Gasteiger partial charge on any atom is -0.492 e. The van der Waals surface area contributed by atoms with Gasteiger partial charge in [0, 0.05) is 5.56 Å². The molecule has 0 aliphatic heterocycles. The van der Waals surface area contributed by atoms with E-state index < -0.39 is 0 Å². The third kappa shape index (κ3) is 2.58. The molecule has 0 radical (unpaired) electrons. The van der Waals surface area contributed by atoms with Crippen LogP contribution in [0.3, 0.4) is 0 Å². The molecule has 0 atom stereocenters. The monoisotopic (exact) mass is 295 g/mol. The largest absolute Gasteiger partial charge is 0.492 e. The average molecular weight is 295 g/mol. The second-order valence-corrected chi connectivity index (χ2v) is 4.72. The first kappa shape index (κ1) is 14.3. The Labute approximate surface area is 128 Å². The van der Waals surface area contributed by atoms with Gasteiger partial charge in [0.15, 0.2) is 0 Å². The van der Waals surface area contributed by atoms with E-state index >= 15 is 0 Å². The molecule has 0 aliphatic carbocycles. The molecule has 0 bridgehead atoms. The van der Waals surface area contributed by atoms with E-state index in [1.54, 1.807) is 4.68 Å². The van der Waals surface area contributed by atoms with Crippen LogP contribution in [0.1, 0.15) is 12.6 Å². The van der Waals surface area contributed by atoms with Gasteiger partial charge < -0.3 is 9.84 Å². The van der Waals surface area contributed by atoms with Gasteiger partial charge in [0.25, 0.3) is 0 Å². The summed E-state index contributed by atoms with van der Waals surface area (Å²) in [6.45, 7) is 2.34. The average Bonchev–Trinajstić information content (AvgIpc) is 3.00. The molecule has 5 heteroatoms. The highest BCUT2D eigenvalue weighted by atomic mass is 16.5. The fourth-order valence-corrected chi connectivity index (χ4v) is 2.38. The third-order valence-corrected chi connectivity index (χ3v) is 3.33. The van der Waals surface area contributed by atoms with Gasteiger partial charge in [-0.05, 0) is 19.1 Å². The van der Waals surface area contributed by atoms with Gasteiger partial charge in [-0.25, -0.2) is 4.68 Å².